The number of benzene rings is 1. The minimum atomic E-state index is -1.15. The van der Waals surface area contributed by atoms with Crippen molar-refractivity contribution in [1.29, 1.82) is 0 Å². The van der Waals surface area contributed by atoms with E-state index in [0.717, 1.165) is 5.75 Å². The van der Waals surface area contributed by atoms with Gasteiger partial charge in [-0.3, -0.25) is 5.32 Å². The fourth-order valence-corrected chi connectivity index (χ4v) is 1.49. The molecule has 1 rings (SSSR count). The Balaban J connectivity index is 2.66. The minimum absolute atomic E-state index is 0.539. The highest BCUT2D eigenvalue weighted by molar-refractivity contribution is 5.22. The number of hydrogen-bond donors (Lipinski definition) is 2. The van der Waals surface area contributed by atoms with Gasteiger partial charge in [0.1, 0.15) is 11.4 Å². The molecule has 0 aliphatic rings. The molecule has 0 aromatic heterocycles. The molecule has 0 bridgehead atoms. The molecular formula is C14H23NO3. The van der Waals surface area contributed by atoms with Crippen LogP contribution < -0.4 is 10.1 Å². The fourth-order valence-electron chi connectivity index (χ4n) is 1.49. The molecule has 2 N–H and O–H groups in total. The monoisotopic (exact) mass is 253 g/mol. The number of methoxy groups -OCH3 is 1. The Kier molecular flexibility index (Phi) is 5.14. The number of nitrogens with one attached hydrogen (secondary N) is 1. The van der Waals surface area contributed by atoms with Gasteiger partial charge in [-0.25, -0.2) is 0 Å². The standard InChI is InChI=1S/C14H23NO3/c1-13(2,14(3,16)15-10-11-17-4)18-12-8-6-5-7-9-12/h5-9,15-16H,10-11H2,1-4H3. The van der Waals surface area contributed by atoms with Gasteiger partial charge in [-0.2, -0.15) is 0 Å². The normalized spacial score (nSPS) is 15.2. The van der Waals surface area contributed by atoms with E-state index in [1.54, 1.807) is 14.0 Å². The highest BCUT2D eigenvalue weighted by atomic mass is 16.5. The first-order valence-electron chi connectivity index (χ1n) is 6.09. The van der Waals surface area contributed by atoms with Gasteiger partial charge in [-0.05, 0) is 32.9 Å². The molecule has 1 aromatic carbocycles. The zero-order chi connectivity index (χ0) is 13.6. The van der Waals surface area contributed by atoms with E-state index >= 15 is 0 Å². The summed E-state index contributed by atoms with van der Waals surface area (Å²) in [4.78, 5) is 0. The van der Waals surface area contributed by atoms with Crippen molar-refractivity contribution in [1.82, 2.24) is 5.32 Å². The Hall–Kier alpha value is -1.10. The van der Waals surface area contributed by atoms with Gasteiger partial charge in [0.05, 0.1) is 6.61 Å². The van der Waals surface area contributed by atoms with Crippen LogP contribution in [0.1, 0.15) is 20.8 Å². The van der Waals surface area contributed by atoms with E-state index in [4.69, 9.17) is 9.47 Å². The molecule has 0 saturated heterocycles. The predicted molar refractivity (Wildman–Crippen MR) is 71.7 cm³/mol. The summed E-state index contributed by atoms with van der Waals surface area (Å²) in [5.41, 5.74) is -1.91. The lowest BCUT2D eigenvalue weighted by Gasteiger charge is -2.40. The van der Waals surface area contributed by atoms with Crippen molar-refractivity contribution in [2.75, 3.05) is 20.3 Å². The van der Waals surface area contributed by atoms with Crippen LogP contribution in [0.2, 0.25) is 0 Å². The summed E-state index contributed by atoms with van der Waals surface area (Å²) in [6.07, 6.45) is 0. The molecule has 102 valence electrons. The third kappa shape index (κ3) is 3.98. The topological polar surface area (TPSA) is 50.7 Å². The van der Waals surface area contributed by atoms with Crippen LogP contribution in [0.15, 0.2) is 30.3 Å². The van der Waals surface area contributed by atoms with Gasteiger partial charge < -0.3 is 14.6 Å². The maximum Gasteiger partial charge on any atom is 0.152 e. The van der Waals surface area contributed by atoms with Crippen LogP contribution in [-0.4, -0.2) is 36.7 Å². The molecule has 1 atom stereocenters. The number of para-hydroxylation sites is 1. The SMILES string of the molecule is COCCNC(C)(O)C(C)(C)Oc1ccccc1. The first kappa shape index (κ1) is 15.0. The van der Waals surface area contributed by atoms with Gasteiger partial charge in [-0.1, -0.05) is 18.2 Å². The molecular weight excluding hydrogens is 230 g/mol. The summed E-state index contributed by atoms with van der Waals surface area (Å²) >= 11 is 0. The molecule has 0 aliphatic heterocycles. The molecule has 0 saturated carbocycles. The molecule has 4 heteroatoms. The van der Waals surface area contributed by atoms with Crippen molar-refractivity contribution in [3.05, 3.63) is 30.3 Å². The van der Waals surface area contributed by atoms with Crippen LogP contribution in [0.3, 0.4) is 0 Å². The molecule has 1 unspecified atom stereocenters. The number of aliphatic hydroxyl groups is 1. The summed E-state index contributed by atoms with van der Waals surface area (Å²) in [6.45, 7) is 6.49. The second-order valence-electron chi connectivity index (χ2n) is 4.92. The first-order valence-corrected chi connectivity index (χ1v) is 6.09. The quantitative estimate of drug-likeness (QED) is 0.574. The van der Waals surface area contributed by atoms with E-state index in [1.165, 1.54) is 0 Å². The Labute approximate surface area is 109 Å². The largest absolute Gasteiger partial charge is 0.483 e. The van der Waals surface area contributed by atoms with Gasteiger partial charge in [0.2, 0.25) is 0 Å². The van der Waals surface area contributed by atoms with Gasteiger partial charge in [0.25, 0.3) is 0 Å². The number of ether oxygens (including phenoxy) is 2. The van der Waals surface area contributed by atoms with Crippen molar-refractivity contribution in [3.8, 4) is 5.75 Å². The summed E-state index contributed by atoms with van der Waals surface area (Å²) in [5.74, 6) is 0.733. The molecule has 18 heavy (non-hydrogen) atoms. The molecule has 0 fully saturated rings. The second kappa shape index (κ2) is 6.18. The van der Waals surface area contributed by atoms with Crippen molar-refractivity contribution < 1.29 is 14.6 Å². The van der Waals surface area contributed by atoms with E-state index < -0.39 is 11.3 Å². The third-order valence-electron chi connectivity index (χ3n) is 3.06. The van der Waals surface area contributed by atoms with E-state index in [1.807, 2.05) is 44.2 Å². The molecule has 4 nitrogen and oxygen atoms in total. The Morgan fingerprint density at radius 2 is 1.78 bits per heavy atom. The average Bonchev–Trinajstić information content (AvgIpc) is 2.29. The van der Waals surface area contributed by atoms with Crippen LogP contribution >= 0.6 is 0 Å². The van der Waals surface area contributed by atoms with Crippen molar-refractivity contribution in [3.63, 3.8) is 0 Å². The van der Waals surface area contributed by atoms with Crippen molar-refractivity contribution >= 4 is 0 Å². The van der Waals surface area contributed by atoms with E-state index in [0.29, 0.717) is 13.2 Å². The lowest BCUT2D eigenvalue weighted by atomic mass is 9.95. The second-order valence-corrected chi connectivity index (χ2v) is 4.92. The Bertz CT molecular complexity index is 349. The molecule has 0 amide bonds. The summed E-state index contributed by atoms with van der Waals surface area (Å²) in [5, 5.41) is 13.5. The van der Waals surface area contributed by atoms with E-state index in [2.05, 4.69) is 5.32 Å². The first-order chi connectivity index (χ1) is 8.39. The highest BCUT2D eigenvalue weighted by Crippen LogP contribution is 2.26. The molecule has 0 heterocycles. The maximum atomic E-state index is 10.4. The zero-order valence-electron chi connectivity index (χ0n) is 11.6. The van der Waals surface area contributed by atoms with Crippen LogP contribution in [0, 0.1) is 0 Å². The van der Waals surface area contributed by atoms with Crippen LogP contribution in [-0.2, 0) is 4.74 Å². The van der Waals surface area contributed by atoms with Gasteiger partial charge >= 0.3 is 0 Å². The van der Waals surface area contributed by atoms with Crippen molar-refractivity contribution in [2.45, 2.75) is 32.1 Å². The summed E-state index contributed by atoms with van der Waals surface area (Å²) < 4.78 is 10.8. The molecule has 0 aliphatic carbocycles. The average molecular weight is 253 g/mol. The van der Waals surface area contributed by atoms with Gasteiger partial charge in [-0.15, -0.1) is 0 Å². The lowest BCUT2D eigenvalue weighted by molar-refractivity contribution is -0.126. The van der Waals surface area contributed by atoms with E-state index in [9.17, 15) is 5.11 Å². The number of hydrogen-bond acceptors (Lipinski definition) is 4. The van der Waals surface area contributed by atoms with Crippen LogP contribution in [0.4, 0.5) is 0 Å². The van der Waals surface area contributed by atoms with E-state index in [-0.39, 0.29) is 0 Å². The number of rotatable bonds is 7. The summed E-state index contributed by atoms with van der Waals surface area (Å²) in [7, 11) is 1.63. The molecule has 0 radical (unpaired) electrons. The Morgan fingerprint density at radius 3 is 2.33 bits per heavy atom. The van der Waals surface area contributed by atoms with Crippen LogP contribution in [0.5, 0.6) is 5.75 Å². The zero-order valence-corrected chi connectivity index (χ0v) is 11.6. The lowest BCUT2D eigenvalue weighted by Crippen LogP contribution is -2.61. The predicted octanol–water partition coefficient (Wildman–Crippen LogP) is 1.79. The Morgan fingerprint density at radius 1 is 1.17 bits per heavy atom. The fraction of sp³-hybridized carbons (Fsp3) is 0.571. The van der Waals surface area contributed by atoms with Gasteiger partial charge in [0.15, 0.2) is 5.72 Å². The summed E-state index contributed by atoms with van der Waals surface area (Å²) in [6, 6.07) is 9.46. The maximum absolute atomic E-state index is 10.4. The van der Waals surface area contributed by atoms with Crippen LogP contribution in [0.25, 0.3) is 0 Å². The van der Waals surface area contributed by atoms with Gasteiger partial charge in [0, 0.05) is 13.7 Å². The highest BCUT2D eigenvalue weighted by Gasteiger charge is 2.41. The minimum Gasteiger partial charge on any atom is -0.483 e. The third-order valence-corrected chi connectivity index (χ3v) is 3.06. The smallest absolute Gasteiger partial charge is 0.152 e. The van der Waals surface area contributed by atoms with Crippen molar-refractivity contribution in [2.24, 2.45) is 0 Å². The molecule has 1 aromatic rings. The molecule has 0 spiro atoms.